The molecule has 0 aromatic rings. The first-order valence-electron chi connectivity index (χ1n) is 8.05. The van der Waals surface area contributed by atoms with Crippen LogP contribution >= 0.6 is 0 Å². The topological polar surface area (TPSA) is 55.8 Å². The second-order valence-electron chi connectivity index (χ2n) is 6.14. The predicted octanol–water partition coefficient (Wildman–Crippen LogP) is 0.293. The number of carbonyl (C=O) groups excluding carboxylic acids is 1. The van der Waals surface area contributed by atoms with Gasteiger partial charge in [0.25, 0.3) is 0 Å². The maximum Gasteiger partial charge on any atom is 0.228 e. The van der Waals surface area contributed by atoms with Gasteiger partial charge < -0.3 is 15.3 Å². The van der Waals surface area contributed by atoms with E-state index in [2.05, 4.69) is 22.0 Å². The zero-order chi connectivity index (χ0) is 14.4. The molecule has 2 N–H and O–H groups in total. The van der Waals surface area contributed by atoms with E-state index in [1.54, 1.807) is 0 Å². The third-order valence-corrected chi connectivity index (χ3v) is 4.82. The summed E-state index contributed by atoms with van der Waals surface area (Å²) >= 11 is 0. The maximum absolute atomic E-state index is 13.0. The van der Waals surface area contributed by atoms with Crippen molar-refractivity contribution in [2.75, 3.05) is 52.4 Å². The molecule has 0 radical (unpaired) electrons. The van der Waals surface area contributed by atoms with Crippen LogP contribution in [0.2, 0.25) is 0 Å². The van der Waals surface area contributed by atoms with E-state index in [4.69, 9.17) is 5.11 Å². The highest BCUT2D eigenvalue weighted by atomic mass is 16.3. The molecule has 2 aliphatic rings. The number of amides is 1. The Kier molecular flexibility index (Phi) is 5.81. The van der Waals surface area contributed by atoms with Crippen LogP contribution in [-0.4, -0.2) is 73.2 Å². The van der Waals surface area contributed by atoms with Crippen molar-refractivity contribution in [1.29, 1.82) is 0 Å². The Bertz CT molecular complexity index is 303. The van der Waals surface area contributed by atoms with Crippen LogP contribution in [0.4, 0.5) is 0 Å². The monoisotopic (exact) mass is 283 g/mol. The van der Waals surface area contributed by atoms with E-state index in [0.29, 0.717) is 5.91 Å². The minimum atomic E-state index is -0.112. The van der Waals surface area contributed by atoms with Gasteiger partial charge >= 0.3 is 0 Å². The molecule has 0 atom stereocenters. The predicted molar refractivity (Wildman–Crippen MR) is 79.6 cm³/mol. The molecule has 2 saturated heterocycles. The van der Waals surface area contributed by atoms with Crippen LogP contribution in [0.25, 0.3) is 0 Å². The molecule has 2 rings (SSSR count). The minimum absolute atomic E-state index is 0.112. The number of piperidine rings is 1. The standard InChI is InChI=1S/C15H29N3O2/c1-2-3-15(4-6-16-7-5-15)14(20)18-10-8-17(9-11-18)12-13-19/h16,19H,2-13H2,1H3. The van der Waals surface area contributed by atoms with Gasteiger partial charge in [-0.15, -0.1) is 0 Å². The molecular weight excluding hydrogens is 254 g/mol. The van der Waals surface area contributed by atoms with Crippen molar-refractivity contribution in [3.8, 4) is 0 Å². The van der Waals surface area contributed by atoms with Gasteiger partial charge in [0.1, 0.15) is 0 Å². The lowest BCUT2D eigenvalue weighted by Gasteiger charge is -2.43. The summed E-state index contributed by atoms with van der Waals surface area (Å²) < 4.78 is 0. The summed E-state index contributed by atoms with van der Waals surface area (Å²) in [6.45, 7) is 8.48. The van der Waals surface area contributed by atoms with Crippen LogP contribution in [0.15, 0.2) is 0 Å². The van der Waals surface area contributed by atoms with Crippen molar-refractivity contribution in [3.63, 3.8) is 0 Å². The molecule has 0 bridgehead atoms. The average Bonchev–Trinajstić information content (AvgIpc) is 2.49. The lowest BCUT2D eigenvalue weighted by atomic mass is 9.74. The quantitative estimate of drug-likeness (QED) is 0.762. The van der Waals surface area contributed by atoms with Crippen molar-refractivity contribution in [2.45, 2.75) is 32.6 Å². The van der Waals surface area contributed by atoms with Crippen molar-refractivity contribution in [3.05, 3.63) is 0 Å². The number of carbonyl (C=O) groups is 1. The summed E-state index contributed by atoms with van der Waals surface area (Å²) in [5.74, 6) is 0.379. The summed E-state index contributed by atoms with van der Waals surface area (Å²) in [5.41, 5.74) is -0.112. The summed E-state index contributed by atoms with van der Waals surface area (Å²) in [6, 6.07) is 0. The summed E-state index contributed by atoms with van der Waals surface area (Å²) in [7, 11) is 0. The van der Waals surface area contributed by atoms with Gasteiger partial charge in [-0.3, -0.25) is 9.69 Å². The normalized spacial score (nSPS) is 23.8. The highest BCUT2D eigenvalue weighted by Crippen LogP contribution is 2.36. The number of nitrogens with zero attached hydrogens (tertiary/aromatic N) is 2. The fourth-order valence-corrected chi connectivity index (χ4v) is 3.61. The van der Waals surface area contributed by atoms with Crippen molar-refractivity contribution >= 4 is 5.91 Å². The Morgan fingerprint density at radius 3 is 2.40 bits per heavy atom. The van der Waals surface area contributed by atoms with Crippen LogP contribution in [0.5, 0.6) is 0 Å². The molecule has 5 nitrogen and oxygen atoms in total. The molecule has 0 aliphatic carbocycles. The van der Waals surface area contributed by atoms with E-state index >= 15 is 0 Å². The zero-order valence-electron chi connectivity index (χ0n) is 12.7. The Hall–Kier alpha value is -0.650. The molecular formula is C15H29N3O2. The molecule has 20 heavy (non-hydrogen) atoms. The van der Waals surface area contributed by atoms with Crippen LogP contribution in [0.3, 0.4) is 0 Å². The van der Waals surface area contributed by atoms with Gasteiger partial charge in [-0.05, 0) is 32.4 Å². The average molecular weight is 283 g/mol. The van der Waals surface area contributed by atoms with Crippen LogP contribution in [0, 0.1) is 5.41 Å². The van der Waals surface area contributed by atoms with Gasteiger partial charge in [-0.1, -0.05) is 13.3 Å². The van der Waals surface area contributed by atoms with Gasteiger partial charge in [-0.25, -0.2) is 0 Å². The minimum Gasteiger partial charge on any atom is -0.395 e. The molecule has 2 heterocycles. The molecule has 5 heteroatoms. The van der Waals surface area contributed by atoms with Crippen LogP contribution in [0.1, 0.15) is 32.6 Å². The number of hydrogen-bond donors (Lipinski definition) is 2. The number of hydrogen-bond acceptors (Lipinski definition) is 4. The van der Waals surface area contributed by atoms with E-state index < -0.39 is 0 Å². The summed E-state index contributed by atoms with van der Waals surface area (Å²) in [4.78, 5) is 17.3. The Balaban J connectivity index is 1.95. The Morgan fingerprint density at radius 2 is 1.85 bits per heavy atom. The number of nitrogens with one attached hydrogen (secondary N) is 1. The van der Waals surface area contributed by atoms with Gasteiger partial charge in [0, 0.05) is 32.7 Å². The van der Waals surface area contributed by atoms with E-state index in [1.165, 1.54) is 0 Å². The largest absolute Gasteiger partial charge is 0.395 e. The van der Waals surface area contributed by atoms with Crippen LogP contribution < -0.4 is 5.32 Å². The van der Waals surface area contributed by atoms with Gasteiger partial charge in [-0.2, -0.15) is 0 Å². The maximum atomic E-state index is 13.0. The number of piperazine rings is 1. The summed E-state index contributed by atoms with van der Waals surface area (Å²) in [6.07, 6.45) is 4.06. The second kappa shape index (κ2) is 7.38. The van der Waals surface area contributed by atoms with Crippen LogP contribution in [-0.2, 0) is 4.79 Å². The molecule has 0 spiro atoms. The zero-order valence-corrected chi connectivity index (χ0v) is 12.7. The molecule has 0 unspecified atom stereocenters. The Morgan fingerprint density at radius 1 is 1.20 bits per heavy atom. The molecule has 0 saturated carbocycles. The van der Waals surface area contributed by atoms with Crippen molar-refractivity contribution in [1.82, 2.24) is 15.1 Å². The highest BCUT2D eigenvalue weighted by molar-refractivity contribution is 5.83. The molecule has 0 aromatic carbocycles. The van der Waals surface area contributed by atoms with E-state index in [9.17, 15) is 4.79 Å². The smallest absolute Gasteiger partial charge is 0.228 e. The highest BCUT2D eigenvalue weighted by Gasteiger charge is 2.41. The SMILES string of the molecule is CCCC1(C(=O)N2CCN(CCO)CC2)CCNCC1. The lowest BCUT2D eigenvalue weighted by Crippen LogP contribution is -2.55. The molecule has 116 valence electrons. The molecule has 0 aromatic heterocycles. The van der Waals surface area contributed by atoms with Gasteiger partial charge in [0.2, 0.25) is 5.91 Å². The number of aliphatic hydroxyl groups is 1. The fraction of sp³-hybridized carbons (Fsp3) is 0.933. The first-order valence-corrected chi connectivity index (χ1v) is 8.05. The first-order chi connectivity index (χ1) is 9.72. The summed E-state index contributed by atoms with van der Waals surface area (Å²) in [5, 5.41) is 12.4. The third kappa shape index (κ3) is 3.51. The first kappa shape index (κ1) is 15.7. The van der Waals surface area contributed by atoms with E-state index in [1.807, 2.05) is 0 Å². The Labute approximate surface area is 122 Å². The van der Waals surface area contributed by atoms with Gasteiger partial charge in [0.15, 0.2) is 0 Å². The molecule has 1 amide bonds. The molecule has 2 aliphatic heterocycles. The van der Waals surface area contributed by atoms with Crippen molar-refractivity contribution in [2.24, 2.45) is 5.41 Å². The van der Waals surface area contributed by atoms with Gasteiger partial charge in [0.05, 0.1) is 12.0 Å². The number of β-amino-alcohol motifs (C(OH)–C–C–N with tert-alkyl or cyclic N) is 1. The number of rotatable bonds is 5. The molecule has 2 fully saturated rings. The van der Waals surface area contributed by atoms with E-state index in [-0.39, 0.29) is 12.0 Å². The van der Waals surface area contributed by atoms with E-state index in [0.717, 1.165) is 71.5 Å². The lowest BCUT2D eigenvalue weighted by molar-refractivity contribution is -0.146. The fourth-order valence-electron chi connectivity index (χ4n) is 3.61. The second-order valence-corrected chi connectivity index (χ2v) is 6.14. The third-order valence-electron chi connectivity index (χ3n) is 4.82. The number of aliphatic hydroxyl groups excluding tert-OH is 1. The van der Waals surface area contributed by atoms with Crippen molar-refractivity contribution < 1.29 is 9.90 Å².